The lowest BCUT2D eigenvalue weighted by atomic mass is 10.1. The van der Waals surface area contributed by atoms with Crippen LogP contribution in [-0.4, -0.2) is 39.1 Å². The second kappa shape index (κ2) is 5.61. The lowest BCUT2D eigenvalue weighted by Crippen LogP contribution is -2.45. The Morgan fingerprint density at radius 2 is 1.76 bits per heavy atom. The number of nitrogens with one attached hydrogen (secondary N) is 1. The highest BCUT2D eigenvalue weighted by molar-refractivity contribution is 5.93. The highest BCUT2D eigenvalue weighted by Gasteiger charge is 2.61. The molecule has 1 aromatic rings. The van der Waals surface area contributed by atoms with Gasteiger partial charge in [-0.3, -0.25) is 14.3 Å². The molecule has 0 bridgehead atoms. The lowest BCUT2D eigenvalue weighted by Gasteiger charge is -2.21. The topological polar surface area (TPSA) is 84.2 Å². The van der Waals surface area contributed by atoms with Crippen molar-refractivity contribution in [2.24, 2.45) is 5.92 Å². The van der Waals surface area contributed by atoms with Crippen LogP contribution in [0.3, 0.4) is 0 Å². The number of carbonyl (C=O) groups excluding carboxylic acids is 1. The van der Waals surface area contributed by atoms with E-state index in [1.807, 2.05) is 0 Å². The first-order valence-corrected chi connectivity index (χ1v) is 5.10. The third-order valence-electron chi connectivity index (χ3n) is 2.11. The van der Waals surface area contributed by atoms with Crippen molar-refractivity contribution in [1.29, 1.82) is 0 Å². The van der Waals surface area contributed by atoms with E-state index in [1.54, 1.807) is 0 Å². The first kappa shape index (κ1) is 16.8. The molecule has 0 atom stereocenters. The maximum absolute atomic E-state index is 12.3. The number of nitrogens with zero attached hydrogens (tertiary/aromatic N) is 2. The summed E-state index contributed by atoms with van der Waals surface area (Å²) in [5, 5.41) is 13.2. The monoisotopic (exact) mass is 319 g/mol. The molecule has 0 radical (unpaired) electrons. The summed E-state index contributed by atoms with van der Waals surface area (Å²) in [6.07, 6.45) is -10.1. The summed E-state index contributed by atoms with van der Waals surface area (Å²) >= 11 is 0. The van der Waals surface area contributed by atoms with Gasteiger partial charge in [0, 0.05) is 6.20 Å². The highest BCUT2D eigenvalue weighted by Crippen LogP contribution is 2.39. The second-order valence-electron chi connectivity index (χ2n) is 3.83. The van der Waals surface area contributed by atoms with Crippen LogP contribution in [0.4, 0.5) is 32.0 Å². The number of hydrogen-bond acceptors (Lipinski definition) is 3. The van der Waals surface area contributed by atoms with Gasteiger partial charge in [-0.15, -0.1) is 0 Å². The largest absolute Gasteiger partial charge is 0.480 e. The second-order valence-corrected chi connectivity index (χ2v) is 3.83. The molecule has 21 heavy (non-hydrogen) atoms. The fourth-order valence-corrected chi connectivity index (χ4v) is 1.35. The van der Waals surface area contributed by atoms with Crippen molar-refractivity contribution >= 4 is 17.6 Å². The van der Waals surface area contributed by atoms with Crippen LogP contribution in [0, 0.1) is 5.92 Å². The molecule has 0 spiro atoms. The van der Waals surface area contributed by atoms with Gasteiger partial charge < -0.3 is 10.4 Å². The van der Waals surface area contributed by atoms with Crippen molar-refractivity contribution < 1.29 is 41.0 Å². The standard InChI is InChI=1S/C9H7F6N3O3/c10-8(11,12)6(9(13,14)15)7(21)17-4-1-16-18(2-4)3-5(19)20/h1-2,6H,3H2,(H,17,21)(H,19,20). The summed E-state index contributed by atoms with van der Waals surface area (Å²) in [6, 6.07) is 0. The van der Waals surface area contributed by atoms with Gasteiger partial charge in [-0.05, 0) is 0 Å². The summed E-state index contributed by atoms with van der Waals surface area (Å²) in [5.74, 6) is -7.85. The van der Waals surface area contributed by atoms with Crippen LogP contribution in [0.1, 0.15) is 0 Å². The average molecular weight is 319 g/mol. The Morgan fingerprint density at radius 1 is 1.24 bits per heavy atom. The van der Waals surface area contributed by atoms with Gasteiger partial charge in [-0.2, -0.15) is 31.4 Å². The van der Waals surface area contributed by atoms with Gasteiger partial charge in [-0.25, -0.2) is 0 Å². The summed E-state index contributed by atoms with van der Waals surface area (Å²) in [5.41, 5.74) is -0.486. The van der Waals surface area contributed by atoms with Crippen molar-refractivity contribution in [3.8, 4) is 0 Å². The first-order chi connectivity index (χ1) is 9.41. The number of aliphatic carboxylic acids is 1. The third-order valence-corrected chi connectivity index (χ3v) is 2.11. The van der Waals surface area contributed by atoms with E-state index in [0.717, 1.165) is 12.4 Å². The molecule has 0 aliphatic heterocycles. The molecule has 0 saturated heterocycles. The number of anilines is 1. The summed E-state index contributed by atoms with van der Waals surface area (Å²) in [6.45, 7) is -0.669. The van der Waals surface area contributed by atoms with Gasteiger partial charge >= 0.3 is 18.3 Å². The molecule has 0 fully saturated rings. The average Bonchev–Trinajstić information content (AvgIpc) is 2.58. The van der Waals surface area contributed by atoms with Crippen LogP contribution in [-0.2, 0) is 16.1 Å². The molecule has 6 nitrogen and oxygen atoms in total. The minimum absolute atomic E-state index is 0.486. The highest BCUT2D eigenvalue weighted by atomic mass is 19.4. The molecule has 0 aromatic carbocycles. The van der Waals surface area contributed by atoms with Crippen molar-refractivity contribution in [1.82, 2.24) is 9.78 Å². The molecule has 1 heterocycles. The Morgan fingerprint density at radius 3 is 2.19 bits per heavy atom. The molecule has 1 aromatic heterocycles. The SMILES string of the molecule is O=C(O)Cn1cc(NC(=O)C(C(F)(F)F)C(F)(F)F)cn1. The molecule has 0 unspecified atom stereocenters. The van der Waals surface area contributed by atoms with Crippen LogP contribution >= 0.6 is 0 Å². The van der Waals surface area contributed by atoms with Crippen LogP contribution < -0.4 is 5.32 Å². The predicted molar refractivity (Wildman–Crippen MR) is 54.1 cm³/mol. The van der Waals surface area contributed by atoms with Gasteiger partial charge in [0.25, 0.3) is 0 Å². The Balaban J connectivity index is 2.88. The molecule has 0 aliphatic rings. The van der Waals surface area contributed by atoms with E-state index in [1.165, 1.54) is 5.32 Å². The Hall–Kier alpha value is -2.27. The van der Waals surface area contributed by atoms with E-state index in [0.29, 0.717) is 4.68 Å². The first-order valence-electron chi connectivity index (χ1n) is 5.10. The van der Waals surface area contributed by atoms with Gasteiger partial charge in [0.1, 0.15) is 6.54 Å². The smallest absolute Gasteiger partial charge is 0.409 e. The number of alkyl halides is 6. The van der Waals surface area contributed by atoms with Crippen molar-refractivity contribution in [3.05, 3.63) is 12.4 Å². The van der Waals surface area contributed by atoms with E-state index < -0.39 is 42.4 Å². The quantitative estimate of drug-likeness (QED) is 0.827. The molecule has 118 valence electrons. The van der Waals surface area contributed by atoms with E-state index >= 15 is 0 Å². The normalized spacial score (nSPS) is 12.5. The van der Waals surface area contributed by atoms with Crippen LogP contribution in [0.25, 0.3) is 0 Å². The maximum Gasteiger partial charge on any atom is 0.409 e. The summed E-state index contributed by atoms with van der Waals surface area (Å²) in [4.78, 5) is 21.5. The number of rotatable bonds is 4. The fraction of sp³-hybridized carbons (Fsp3) is 0.444. The molecule has 0 saturated carbocycles. The summed E-state index contributed by atoms with van der Waals surface area (Å²) in [7, 11) is 0. The Kier molecular flexibility index (Phi) is 4.49. The lowest BCUT2D eigenvalue weighted by molar-refractivity contribution is -0.272. The molecular formula is C9H7F6N3O3. The fourth-order valence-electron chi connectivity index (χ4n) is 1.35. The van der Waals surface area contributed by atoms with Gasteiger partial charge in [-0.1, -0.05) is 0 Å². The van der Waals surface area contributed by atoms with Gasteiger partial charge in [0.2, 0.25) is 11.8 Å². The number of amides is 1. The van der Waals surface area contributed by atoms with E-state index in [-0.39, 0.29) is 0 Å². The van der Waals surface area contributed by atoms with E-state index in [9.17, 15) is 35.9 Å². The minimum Gasteiger partial charge on any atom is -0.480 e. The number of carboxylic acids is 1. The zero-order valence-corrected chi connectivity index (χ0v) is 9.87. The molecule has 1 rings (SSSR count). The van der Waals surface area contributed by atoms with Gasteiger partial charge in [0.05, 0.1) is 11.9 Å². The zero-order chi connectivity index (χ0) is 16.4. The molecule has 1 amide bonds. The predicted octanol–water partition coefficient (Wildman–Crippen LogP) is 1.65. The molecule has 2 N–H and O–H groups in total. The zero-order valence-electron chi connectivity index (χ0n) is 9.87. The Labute approximate surface area is 112 Å². The van der Waals surface area contributed by atoms with Crippen LogP contribution in [0.5, 0.6) is 0 Å². The minimum atomic E-state index is -5.81. The van der Waals surface area contributed by atoms with E-state index in [2.05, 4.69) is 5.10 Å². The number of halogens is 6. The molecule has 12 heteroatoms. The third kappa shape index (κ3) is 4.65. The number of carbonyl (C=O) groups is 2. The molecule has 0 aliphatic carbocycles. The van der Waals surface area contributed by atoms with E-state index in [4.69, 9.17) is 5.11 Å². The maximum atomic E-state index is 12.3. The van der Waals surface area contributed by atoms with Crippen molar-refractivity contribution in [2.75, 3.05) is 5.32 Å². The van der Waals surface area contributed by atoms with Crippen molar-refractivity contribution in [3.63, 3.8) is 0 Å². The Bertz CT molecular complexity index is 522. The van der Waals surface area contributed by atoms with Gasteiger partial charge in [0.15, 0.2) is 0 Å². The van der Waals surface area contributed by atoms with Crippen LogP contribution in [0.15, 0.2) is 12.4 Å². The molecular weight excluding hydrogens is 312 g/mol. The van der Waals surface area contributed by atoms with Crippen molar-refractivity contribution in [2.45, 2.75) is 18.9 Å². The van der Waals surface area contributed by atoms with Crippen LogP contribution in [0.2, 0.25) is 0 Å². The summed E-state index contributed by atoms with van der Waals surface area (Å²) < 4.78 is 74.3. The number of hydrogen-bond donors (Lipinski definition) is 2. The number of carboxylic acid groups (broad SMARTS) is 1. The number of aromatic nitrogens is 2.